The maximum absolute atomic E-state index is 12.4. The van der Waals surface area contributed by atoms with Crippen LogP contribution >= 0.6 is 0 Å². The fourth-order valence-electron chi connectivity index (χ4n) is 1.83. The summed E-state index contributed by atoms with van der Waals surface area (Å²) in [6, 6.07) is 1.34. The van der Waals surface area contributed by atoms with Crippen LogP contribution in [-0.2, 0) is 9.31 Å². The van der Waals surface area contributed by atoms with Gasteiger partial charge in [0.2, 0.25) is 5.78 Å². The van der Waals surface area contributed by atoms with Gasteiger partial charge >= 0.3 is 13.5 Å². The Bertz CT molecular complexity index is 518. The zero-order valence-electron chi connectivity index (χ0n) is 11.8. The highest BCUT2D eigenvalue weighted by Gasteiger charge is 2.51. The Morgan fingerprint density at radius 1 is 1.20 bits per heavy atom. The number of hydrogen-bond acceptors (Lipinski definition) is 4. The van der Waals surface area contributed by atoms with Gasteiger partial charge in [0.25, 0.3) is 0 Å². The van der Waals surface area contributed by atoms with E-state index in [0.717, 1.165) is 6.20 Å². The molecule has 0 aromatic carbocycles. The molecule has 0 bridgehead atoms. The minimum atomic E-state index is -3.05. The van der Waals surface area contributed by atoms with E-state index in [1.54, 1.807) is 0 Å². The molecule has 0 amide bonds. The number of halogens is 2. The van der Waals surface area contributed by atoms with Gasteiger partial charge in [-0.1, -0.05) is 0 Å². The molecule has 2 heterocycles. The van der Waals surface area contributed by atoms with Crippen molar-refractivity contribution in [2.45, 2.75) is 45.3 Å². The quantitative estimate of drug-likeness (QED) is 0.627. The Morgan fingerprint density at radius 3 is 2.25 bits per heavy atom. The summed E-state index contributed by atoms with van der Waals surface area (Å²) < 4.78 is 36.4. The van der Waals surface area contributed by atoms with Crippen LogP contribution < -0.4 is 5.46 Å². The van der Waals surface area contributed by atoms with Gasteiger partial charge in [0, 0.05) is 23.4 Å². The summed E-state index contributed by atoms with van der Waals surface area (Å²) in [6.45, 7) is 7.53. The fraction of sp³-hybridized carbons (Fsp3) is 0.538. The van der Waals surface area contributed by atoms with Crippen molar-refractivity contribution in [3.8, 4) is 0 Å². The molecule has 1 aromatic heterocycles. The summed E-state index contributed by atoms with van der Waals surface area (Å²) in [5, 5.41) is 0. The predicted molar refractivity (Wildman–Crippen MR) is 70.3 cm³/mol. The molecule has 0 saturated carbocycles. The highest BCUT2D eigenvalue weighted by atomic mass is 19.3. The van der Waals surface area contributed by atoms with Crippen molar-refractivity contribution >= 4 is 18.4 Å². The molecule has 108 valence electrons. The Kier molecular flexibility index (Phi) is 3.68. The smallest absolute Gasteiger partial charge is 0.399 e. The minimum absolute atomic E-state index is 0.146. The first kappa shape index (κ1) is 15.1. The van der Waals surface area contributed by atoms with Gasteiger partial charge in [-0.15, -0.1) is 0 Å². The monoisotopic (exact) mass is 283 g/mol. The molecular weight excluding hydrogens is 267 g/mol. The molecule has 1 aliphatic heterocycles. The van der Waals surface area contributed by atoms with Crippen LogP contribution in [0.5, 0.6) is 0 Å². The molecule has 0 spiro atoms. The van der Waals surface area contributed by atoms with Crippen LogP contribution in [0.15, 0.2) is 18.5 Å². The standard InChI is InChI=1S/C13H16BF2NO3/c1-12(2)13(3,4)20-14(19-12)9-5-8(6-17-7-9)10(18)11(15)16/h5-7,11H,1-4H3. The van der Waals surface area contributed by atoms with Gasteiger partial charge < -0.3 is 9.31 Å². The zero-order chi connectivity index (χ0) is 15.1. The lowest BCUT2D eigenvalue weighted by molar-refractivity contribution is 0.00578. The van der Waals surface area contributed by atoms with Crippen LogP contribution in [0.3, 0.4) is 0 Å². The third-order valence-corrected chi connectivity index (χ3v) is 3.77. The van der Waals surface area contributed by atoms with Crippen LogP contribution in [0, 0.1) is 0 Å². The SMILES string of the molecule is CC1(C)OB(c2cncc(C(=O)C(F)F)c2)OC1(C)C. The molecule has 0 unspecified atom stereocenters. The molecule has 20 heavy (non-hydrogen) atoms. The second-order valence-electron chi connectivity index (χ2n) is 5.76. The van der Waals surface area contributed by atoms with E-state index in [-0.39, 0.29) is 5.56 Å². The molecule has 0 radical (unpaired) electrons. The normalized spacial score (nSPS) is 20.4. The van der Waals surface area contributed by atoms with Crippen molar-refractivity contribution in [1.82, 2.24) is 4.98 Å². The summed E-state index contributed by atoms with van der Waals surface area (Å²) >= 11 is 0. The number of carbonyl (C=O) groups is 1. The van der Waals surface area contributed by atoms with Gasteiger partial charge in [0.05, 0.1) is 11.2 Å². The average molecular weight is 283 g/mol. The Morgan fingerprint density at radius 2 is 1.75 bits per heavy atom. The molecule has 7 heteroatoms. The van der Waals surface area contributed by atoms with E-state index in [1.807, 2.05) is 27.7 Å². The predicted octanol–water partition coefficient (Wildman–Crippen LogP) is 1.83. The number of alkyl halides is 2. The van der Waals surface area contributed by atoms with Gasteiger partial charge in [-0.25, -0.2) is 8.78 Å². The zero-order valence-corrected chi connectivity index (χ0v) is 11.8. The lowest BCUT2D eigenvalue weighted by Crippen LogP contribution is -2.41. The number of ketones is 1. The molecule has 0 atom stereocenters. The second kappa shape index (κ2) is 4.89. The van der Waals surface area contributed by atoms with Crippen molar-refractivity contribution in [3.05, 3.63) is 24.0 Å². The highest BCUT2D eigenvalue weighted by molar-refractivity contribution is 6.62. The lowest BCUT2D eigenvalue weighted by atomic mass is 9.79. The number of hydrogen-bond donors (Lipinski definition) is 0. The molecule has 0 N–H and O–H groups in total. The number of Topliss-reactive ketones (excluding diaryl/α,β-unsaturated/α-hetero) is 1. The average Bonchev–Trinajstić information content (AvgIpc) is 2.57. The van der Waals surface area contributed by atoms with Crippen molar-refractivity contribution in [2.24, 2.45) is 0 Å². The molecule has 4 nitrogen and oxygen atoms in total. The van der Waals surface area contributed by atoms with Gasteiger partial charge in [0.15, 0.2) is 0 Å². The van der Waals surface area contributed by atoms with Crippen LogP contribution in [0.2, 0.25) is 0 Å². The van der Waals surface area contributed by atoms with E-state index in [4.69, 9.17) is 9.31 Å². The topological polar surface area (TPSA) is 48.4 Å². The summed E-state index contributed by atoms with van der Waals surface area (Å²) in [7, 11) is -0.724. The third kappa shape index (κ3) is 2.60. The van der Waals surface area contributed by atoms with Gasteiger partial charge in [0.1, 0.15) is 0 Å². The molecule has 1 aliphatic rings. The fourth-order valence-corrected chi connectivity index (χ4v) is 1.83. The Hall–Kier alpha value is -1.34. The summed E-state index contributed by atoms with van der Waals surface area (Å²) in [5.74, 6) is -1.25. The Labute approximate surface area is 116 Å². The van der Waals surface area contributed by atoms with Crippen LogP contribution in [-0.4, -0.2) is 35.5 Å². The largest absolute Gasteiger partial charge is 0.496 e. The number of nitrogens with zero attached hydrogens (tertiary/aromatic N) is 1. The van der Waals surface area contributed by atoms with Gasteiger partial charge in [-0.05, 0) is 33.8 Å². The summed E-state index contributed by atoms with van der Waals surface area (Å²) in [4.78, 5) is 15.1. The van der Waals surface area contributed by atoms with Crippen molar-refractivity contribution < 1.29 is 22.9 Å². The first-order valence-electron chi connectivity index (χ1n) is 6.27. The number of carbonyl (C=O) groups excluding carboxylic acids is 1. The van der Waals surface area contributed by atoms with Crippen molar-refractivity contribution in [2.75, 3.05) is 0 Å². The summed E-state index contributed by atoms with van der Waals surface area (Å²) in [5.41, 5.74) is -0.775. The maximum atomic E-state index is 12.4. The van der Waals surface area contributed by atoms with E-state index in [1.165, 1.54) is 12.3 Å². The number of rotatable bonds is 3. The highest BCUT2D eigenvalue weighted by Crippen LogP contribution is 2.36. The van der Waals surface area contributed by atoms with Crippen LogP contribution in [0.1, 0.15) is 38.1 Å². The third-order valence-electron chi connectivity index (χ3n) is 3.77. The second-order valence-corrected chi connectivity index (χ2v) is 5.76. The van der Waals surface area contributed by atoms with Crippen LogP contribution in [0.25, 0.3) is 0 Å². The maximum Gasteiger partial charge on any atom is 0.496 e. The number of aromatic nitrogens is 1. The molecule has 2 rings (SSSR count). The molecular formula is C13H16BF2NO3. The van der Waals surface area contributed by atoms with E-state index < -0.39 is 30.5 Å². The first-order valence-corrected chi connectivity index (χ1v) is 6.27. The molecule has 0 aliphatic carbocycles. The van der Waals surface area contributed by atoms with Crippen LogP contribution in [0.4, 0.5) is 8.78 Å². The number of pyridine rings is 1. The minimum Gasteiger partial charge on any atom is -0.399 e. The van der Waals surface area contributed by atoms with E-state index in [0.29, 0.717) is 5.46 Å². The van der Waals surface area contributed by atoms with Gasteiger partial charge in [-0.2, -0.15) is 0 Å². The Balaban J connectivity index is 2.28. The molecule has 1 saturated heterocycles. The van der Waals surface area contributed by atoms with Gasteiger partial charge in [-0.3, -0.25) is 9.78 Å². The lowest BCUT2D eigenvalue weighted by Gasteiger charge is -2.32. The first-order chi connectivity index (χ1) is 9.14. The van der Waals surface area contributed by atoms with E-state index >= 15 is 0 Å². The van der Waals surface area contributed by atoms with E-state index in [2.05, 4.69) is 4.98 Å². The van der Waals surface area contributed by atoms with E-state index in [9.17, 15) is 13.6 Å². The summed E-state index contributed by atoms with van der Waals surface area (Å²) in [6.07, 6.45) is -0.487. The molecule has 1 aromatic rings. The molecule has 1 fully saturated rings. The van der Waals surface area contributed by atoms with Crippen molar-refractivity contribution in [3.63, 3.8) is 0 Å². The van der Waals surface area contributed by atoms with Crippen molar-refractivity contribution in [1.29, 1.82) is 0 Å².